The normalized spacial score (nSPS) is 19.8. The van der Waals surface area contributed by atoms with Gasteiger partial charge in [-0.1, -0.05) is 18.2 Å². The van der Waals surface area contributed by atoms with Gasteiger partial charge in [-0.3, -0.25) is 14.4 Å². The van der Waals surface area contributed by atoms with Crippen molar-refractivity contribution < 1.29 is 70.8 Å². The van der Waals surface area contributed by atoms with Gasteiger partial charge in [-0.15, -0.1) is 0 Å². The summed E-state index contributed by atoms with van der Waals surface area (Å²) in [6.07, 6.45) is 0.674. The van der Waals surface area contributed by atoms with E-state index in [4.69, 9.17) is 9.47 Å². The van der Waals surface area contributed by atoms with Gasteiger partial charge in [0.25, 0.3) is 11.8 Å². The maximum absolute atomic E-state index is 15.3. The Labute approximate surface area is 278 Å². The first kappa shape index (κ1) is 32.8. The summed E-state index contributed by atoms with van der Waals surface area (Å²) in [7, 11) is -5.46. The number of hydrogen-bond donors (Lipinski definition) is 2. The van der Waals surface area contributed by atoms with Crippen LogP contribution in [0, 0.1) is 5.82 Å². The second-order valence-corrected chi connectivity index (χ2v) is 11.9. The summed E-state index contributed by atoms with van der Waals surface area (Å²) in [5.74, 6) is -3.87. The van der Waals surface area contributed by atoms with Gasteiger partial charge >= 0.3 is 35.5 Å². The van der Waals surface area contributed by atoms with Crippen LogP contribution in [0.15, 0.2) is 53.5 Å². The summed E-state index contributed by atoms with van der Waals surface area (Å²) in [6.45, 7) is 1.89. The van der Waals surface area contributed by atoms with Crippen molar-refractivity contribution in [3.05, 3.63) is 70.3 Å². The molecule has 2 unspecified atom stereocenters. The number of benzene rings is 2. The molecule has 0 radical (unpaired) electrons. The average Bonchev–Trinajstić information content (AvgIpc) is 3.84. The number of aromatic nitrogens is 1. The molecule has 2 aromatic carbocycles. The Morgan fingerprint density at radius 1 is 1.09 bits per heavy atom. The van der Waals surface area contributed by atoms with Crippen molar-refractivity contribution in [1.29, 1.82) is 0 Å². The first-order chi connectivity index (χ1) is 21.0. The number of carbonyl (C=O) groups excluding carboxylic acids is 3. The van der Waals surface area contributed by atoms with Crippen molar-refractivity contribution in [1.82, 2.24) is 19.5 Å². The molecule has 0 spiro atoms. The number of carbonyl (C=O) groups is 3. The standard InChI is InChI=1S/C28H28FN5O9S.Na/c29-20-12-18-21(13-22(20)32-10-8-30-9-11-32)33(16-6-7-16)14-19(25(18)36)28(38)43-27-24(26(37)34(27)44(39,40)41)31-23(35)15-42-17-4-2-1-3-5-17;/h1-5,12-14,16,24,27,30H,6-11,15H2,(H,31,35)(H,39,40,41);/q;+1/p-1. The van der Waals surface area contributed by atoms with E-state index in [1.165, 1.54) is 6.20 Å². The summed E-state index contributed by atoms with van der Waals surface area (Å²) < 4.78 is 62.6. The first-order valence-corrected chi connectivity index (χ1v) is 15.2. The number of β-lactam (4-membered cyclic amide) rings is 1. The molecule has 2 aliphatic heterocycles. The molecule has 1 aliphatic carbocycles. The predicted molar refractivity (Wildman–Crippen MR) is 151 cm³/mol. The monoisotopic (exact) mass is 651 g/mol. The van der Waals surface area contributed by atoms with Gasteiger partial charge in [0.1, 0.15) is 17.1 Å². The fourth-order valence-corrected chi connectivity index (χ4v) is 6.04. The number of esters is 1. The third kappa shape index (κ3) is 6.71. The number of piperazine rings is 1. The van der Waals surface area contributed by atoms with Crippen LogP contribution in [0.3, 0.4) is 0 Å². The Morgan fingerprint density at radius 2 is 1.78 bits per heavy atom. The van der Waals surface area contributed by atoms with Crippen molar-refractivity contribution in [2.45, 2.75) is 31.2 Å². The molecule has 232 valence electrons. The van der Waals surface area contributed by atoms with Crippen molar-refractivity contribution in [3.63, 3.8) is 0 Å². The molecule has 2 N–H and O–H groups in total. The zero-order chi connectivity index (χ0) is 31.2. The molecule has 1 saturated carbocycles. The van der Waals surface area contributed by atoms with E-state index in [2.05, 4.69) is 10.6 Å². The van der Waals surface area contributed by atoms with Crippen LogP contribution in [0.2, 0.25) is 0 Å². The minimum absolute atomic E-state index is 0. The van der Waals surface area contributed by atoms with Crippen LogP contribution >= 0.6 is 0 Å². The molecule has 0 bridgehead atoms. The first-order valence-electron chi connectivity index (χ1n) is 13.8. The molecule has 17 heteroatoms. The number of halogens is 1. The Hall–Kier alpha value is -3.54. The summed E-state index contributed by atoms with van der Waals surface area (Å²) in [6, 6.07) is 9.03. The Balaban J connectivity index is 0.00000400. The molecule has 45 heavy (non-hydrogen) atoms. The molecule has 3 aliphatic rings. The number of pyridine rings is 1. The number of ether oxygens (including phenoxy) is 2. The van der Waals surface area contributed by atoms with E-state index < -0.39 is 63.8 Å². The van der Waals surface area contributed by atoms with E-state index in [-0.39, 0.29) is 45.3 Å². The molecule has 3 fully saturated rings. The van der Waals surface area contributed by atoms with Gasteiger partial charge < -0.3 is 34.1 Å². The molecule has 2 saturated heterocycles. The van der Waals surface area contributed by atoms with Crippen LogP contribution < -0.4 is 55.3 Å². The summed E-state index contributed by atoms with van der Waals surface area (Å²) >= 11 is 0. The van der Waals surface area contributed by atoms with Gasteiger partial charge in [0, 0.05) is 43.8 Å². The molecular formula is C28H27FN5NaO9S. The second kappa shape index (κ2) is 13.1. The van der Waals surface area contributed by atoms with Crippen LogP contribution in [-0.2, 0) is 24.6 Å². The number of hydrogen-bond acceptors (Lipinski definition) is 11. The number of nitrogens with one attached hydrogen (secondary N) is 2. The predicted octanol–water partition coefficient (Wildman–Crippen LogP) is -2.76. The molecule has 1 aromatic heterocycles. The van der Waals surface area contributed by atoms with Crippen LogP contribution in [0.5, 0.6) is 5.75 Å². The maximum atomic E-state index is 15.3. The van der Waals surface area contributed by atoms with Crippen molar-refractivity contribution in [3.8, 4) is 5.75 Å². The molecular weight excluding hydrogens is 624 g/mol. The van der Waals surface area contributed by atoms with E-state index in [9.17, 15) is 32.1 Å². The molecule has 14 nitrogen and oxygen atoms in total. The number of rotatable bonds is 9. The van der Waals surface area contributed by atoms with Crippen molar-refractivity contribution in [2.75, 3.05) is 37.7 Å². The summed E-state index contributed by atoms with van der Waals surface area (Å²) in [5, 5.41) is 5.30. The zero-order valence-electron chi connectivity index (χ0n) is 24.1. The van der Waals surface area contributed by atoms with Gasteiger partial charge in [0.15, 0.2) is 23.0 Å². The third-order valence-electron chi connectivity index (χ3n) is 7.62. The number of fused-ring (bicyclic) bond motifs is 1. The number of nitrogens with zero attached hydrogens (tertiary/aromatic N) is 3. The largest absolute Gasteiger partial charge is 1.00 e. The minimum atomic E-state index is -5.46. The third-order valence-corrected chi connectivity index (χ3v) is 8.49. The van der Waals surface area contributed by atoms with E-state index in [0.29, 0.717) is 43.1 Å². The topological polar surface area (TPSA) is 179 Å². The van der Waals surface area contributed by atoms with Gasteiger partial charge in [0.2, 0.25) is 11.7 Å². The van der Waals surface area contributed by atoms with E-state index in [0.717, 1.165) is 18.9 Å². The van der Waals surface area contributed by atoms with Crippen LogP contribution in [-0.4, -0.2) is 84.7 Å². The fraction of sp³-hybridized carbons (Fsp3) is 0.357. The van der Waals surface area contributed by atoms with Crippen molar-refractivity contribution in [2.24, 2.45) is 0 Å². The van der Waals surface area contributed by atoms with E-state index in [1.54, 1.807) is 41.0 Å². The van der Waals surface area contributed by atoms with Gasteiger partial charge in [-0.05, 0) is 37.1 Å². The number of anilines is 1. The van der Waals surface area contributed by atoms with Crippen LogP contribution in [0.1, 0.15) is 29.2 Å². The Bertz CT molecular complexity index is 1810. The van der Waals surface area contributed by atoms with Crippen LogP contribution in [0.25, 0.3) is 10.9 Å². The Morgan fingerprint density at radius 3 is 2.42 bits per heavy atom. The SMILES string of the molecule is O=C(COc1ccccc1)NC1C(=O)N(S(=O)(=O)[O-])C1OC(=O)c1cn(C2CC2)c2cc(N3CCNCC3)c(F)cc2c1=O.[Na+]. The van der Waals surface area contributed by atoms with E-state index >= 15 is 4.39 Å². The summed E-state index contributed by atoms with van der Waals surface area (Å²) in [4.78, 5) is 53.6. The van der Waals surface area contributed by atoms with Gasteiger partial charge in [0.05, 0.1) is 11.2 Å². The van der Waals surface area contributed by atoms with Crippen molar-refractivity contribution >= 4 is 44.7 Å². The summed E-state index contributed by atoms with van der Waals surface area (Å²) in [5.41, 5.74) is -0.706. The van der Waals surface area contributed by atoms with Gasteiger partial charge in [-0.25, -0.2) is 21.9 Å². The molecule has 2 amide bonds. The Kier molecular flexibility index (Phi) is 9.53. The second-order valence-electron chi connectivity index (χ2n) is 10.6. The molecule has 6 rings (SSSR count). The molecule has 3 aromatic rings. The number of amides is 2. The van der Waals surface area contributed by atoms with Crippen LogP contribution in [0.4, 0.5) is 10.1 Å². The van der Waals surface area contributed by atoms with E-state index in [1.807, 2.05) is 4.90 Å². The molecule has 2 atom stereocenters. The van der Waals surface area contributed by atoms with Gasteiger partial charge in [-0.2, -0.15) is 0 Å². The fourth-order valence-electron chi connectivity index (χ4n) is 5.28. The zero-order valence-corrected chi connectivity index (χ0v) is 26.9. The number of para-hydroxylation sites is 1. The molecule has 3 heterocycles. The quantitative estimate of drug-likeness (QED) is 0.106. The smallest absolute Gasteiger partial charge is 0.731 e. The maximum Gasteiger partial charge on any atom is 1.00 e. The minimum Gasteiger partial charge on any atom is -0.731 e. The average molecular weight is 652 g/mol.